The smallest absolute Gasteiger partial charge is 0.335 e. The number of nitrogens with zero attached hydrogens (tertiary/aromatic N) is 4. The molecule has 0 saturated carbocycles. The highest BCUT2D eigenvalue weighted by atomic mass is 16.4. The van der Waals surface area contributed by atoms with Gasteiger partial charge in [0.25, 0.3) is 0 Å². The Balaban J connectivity index is 0.000000187. The molecule has 0 spiro atoms. The Bertz CT molecular complexity index is 1170. The van der Waals surface area contributed by atoms with Crippen LogP contribution >= 0.6 is 0 Å². The van der Waals surface area contributed by atoms with Crippen molar-refractivity contribution in [1.82, 2.24) is 19.7 Å². The molecule has 4 rings (SSSR count). The van der Waals surface area contributed by atoms with Crippen LogP contribution in [-0.2, 0) is 6.54 Å². The molecule has 0 amide bonds. The summed E-state index contributed by atoms with van der Waals surface area (Å²) in [6.07, 6.45) is 5.32. The van der Waals surface area contributed by atoms with E-state index in [1.54, 1.807) is 25.6 Å². The Morgan fingerprint density at radius 1 is 0.935 bits per heavy atom. The highest BCUT2D eigenvalue weighted by Crippen LogP contribution is 2.13. The van der Waals surface area contributed by atoms with Crippen LogP contribution < -0.4 is 0 Å². The molecular weight excluding hydrogens is 396 g/mol. The van der Waals surface area contributed by atoms with E-state index in [0.29, 0.717) is 12.1 Å². The summed E-state index contributed by atoms with van der Waals surface area (Å²) in [5, 5.41) is 21.7. The average Bonchev–Trinajstić information content (AvgIpc) is 3.24. The van der Waals surface area contributed by atoms with Crippen molar-refractivity contribution >= 4 is 11.9 Å². The number of carboxylic acids is 2. The molecule has 0 aliphatic heterocycles. The number of aromatic nitrogens is 4. The van der Waals surface area contributed by atoms with Gasteiger partial charge in [-0.05, 0) is 42.3 Å². The van der Waals surface area contributed by atoms with E-state index in [1.807, 2.05) is 47.1 Å². The number of aryl methyl sites for hydroxylation is 1. The van der Waals surface area contributed by atoms with Gasteiger partial charge in [-0.1, -0.05) is 36.4 Å². The van der Waals surface area contributed by atoms with Gasteiger partial charge in [0, 0.05) is 18.0 Å². The lowest BCUT2D eigenvalue weighted by Gasteiger charge is -2.01. The van der Waals surface area contributed by atoms with Crippen LogP contribution in [0.1, 0.15) is 31.8 Å². The molecule has 156 valence electrons. The number of hydrogen-bond donors (Lipinski definition) is 2. The Kier molecular flexibility index (Phi) is 6.85. The first-order valence-electron chi connectivity index (χ1n) is 9.35. The van der Waals surface area contributed by atoms with E-state index in [4.69, 9.17) is 10.2 Å². The second kappa shape index (κ2) is 9.93. The molecule has 0 atom stereocenters. The monoisotopic (exact) mass is 416 g/mol. The highest BCUT2D eigenvalue weighted by Gasteiger charge is 2.10. The Hall–Kier alpha value is -4.33. The minimum absolute atomic E-state index is 0.0111. The lowest BCUT2D eigenvalue weighted by atomic mass is 10.1. The Morgan fingerprint density at radius 3 is 2.29 bits per heavy atom. The van der Waals surface area contributed by atoms with Gasteiger partial charge < -0.3 is 10.2 Å². The van der Waals surface area contributed by atoms with Crippen molar-refractivity contribution < 1.29 is 19.8 Å². The Morgan fingerprint density at radius 2 is 1.65 bits per heavy atom. The zero-order valence-electron chi connectivity index (χ0n) is 16.7. The van der Waals surface area contributed by atoms with E-state index in [9.17, 15) is 9.59 Å². The average molecular weight is 416 g/mol. The maximum atomic E-state index is 10.6. The maximum absolute atomic E-state index is 10.6. The van der Waals surface area contributed by atoms with E-state index in [2.05, 4.69) is 15.1 Å². The molecule has 4 aromatic rings. The molecule has 2 heterocycles. The third kappa shape index (κ3) is 5.83. The molecule has 8 nitrogen and oxygen atoms in total. The van der Waals surface area contributed by atoms with Crippen LogP contribution in [0.4, 0.5) is 0 Å². The van der Waals surface area contributed by atoms with Gasteiger partial charge in [-0.2, -0.15) is 5.10 Å². The van der Waals surface area contributed by atoms with Crippen LogP contribution in [0.2, 0.25) is 0 Å². The summed E-state index contributed by atoms with van der Waals surface area (Å²) in [4.78, 5) is 29.4. The third-order valence-corrected chi connectivity index (χ3v) is 4.38. The number of carboxylic acid groups (broad SMARTS) is 2. The normalized spacial score (nSPS) is 10.1. The number of aromatic carboxylic acids is 2. The van der Waals surface area contributed by atoms with Crippen LogP contribution in [-0.4, -0.2) is 41.9 Å². The van der Waals surface area contributed by atoms with Crippen molar-refractivity contribution in [2.24, 2.45) is 0 Å². The van der Waals surface area contributed by atoms with Gasteiger partial charge in [-0.25, -0.2) is 19.3 Å². The van der Waals surface area contributed by atoms with Gasteiger partial charge in [0.2, 0.25) is 0 Å². The maximum Gasteiger partial charge on any atom is 0.335 e. The predicted molar refractivity (Wildman–Crippen MR) is 114 cm³/mol. The molecule has 8 heteroatoms. The van der Waals surface area contributed by atoms with Gasteiger partial charge >= 0.3 is 11.9 Å². The number of hydrogen-bond acceptors (Lipinski definition) is 5. The fourth-order valence-corrected chi connectivity index (χ4v) is 2.75. The number of benzene rings is 2. The molecule has 2 aromatic heterocycles. The predicted octanol–water partition coefficient (Wildman–Crippen LogP) is 3.78. The van der Waals surface area contributed by atoms with Crippen molar-refractivity contribution in [2.75, 3.05) is 0 Å². The van der Waals surface area contributed by atoms with Crippen molar-refractivity contribution in [2.45, 2.75) is 13.5 Å². The third-order valence-electron chi connectivity index (χ3n) is 4.38. The second-order valence-electron chi connectivity index (χ2n) is 6.63. The van der Waals surface area contributed by atoms with Crippen LogP contribution in [0, 0.1) is 6.92 Å². The second-order valence-corrected chi connectivity index (χ2v) is 6.63. The summed E-state index contributed by atoms with van der Waals surface area (Å²) >= 11 is 0. The molecule has 0 aliphatic rings. The molecule has 0 unspecified atom stereocenters. The van der Waals surface area contributed by atoms with Crippen molar-refractivity contribution in [3.8, 4) is 11.4 Å². The fraction of sp³-hybridized carbons (Fsp3) is 0.0870. The number of rotatable bonds is 5. The van der Waals surface area contributed by atoms with E-state index in [-0.39, 0.29) is 11.1 Å². The van der Waals surface area contributed by atoms with E-state index in [0.717, 1.165) is 23.0 Å². The van der Waals surface area contributed by atoms with Crippen molar-refractivity contribution in [1.29, 1.82) is 0 Å². The summed E-state index contributed by atoms with van der Waals surface area (Å²) in [5.41, 5.74) is 2.76. The van der Waals surface area contributed by atoms with Crippen LogP contribution in [0.15, 0.2) is 79.4 Å². The topological polar surface area (TPSA) is 118 Å². The van der Waals surface area contributed by atoms with Crippen molar-refractivity contribution in [3.05, 3.63) is 102 Å². The van der Waals surface area contributed by atoms with Crippen LogP contribution in [0.3, 0.4) is 0 Å². The molecule has 2 aromatic carbocycles. The SMILES string of the molecule is Cc1ccc(C(=O)O)cc1C(=O)O.c1ccc(-c2ncn(Cc3ccncc3)n2)cc1. The molecule has 0 saturated heterocycles. The van der Waals surface area contributed by atoms with Gasteiger partial charge in [-0.3, -0.25) is 4.98 Å². The first-order chi connectivity index (χ1) is 14.9. The fourth-order valence-electron chi connectivity index (χ4n) is 2.75. The molecule has 0 bridgehead atoms. The van der Waals surface area contributed by atoms with Crippen LogP contribution in [0.25, 0.3) is 11.4 Å². The van der Waals surface area contributed by atoms with Crippen molar-refractivity contribution in [3.63, 3.8) is 0 Å². The number of carbonyl (C=O) groups is 2. The minimum atomic E-state index is -1.12. The molecular formula is C23H20N4O4. The quantitative estimate of drug-likeness (QED) is 0.508. The summed E-state index contributed by atoms with van der Waals surface area (Å²) in [6.45, 7) is 2.33. The van der Waals surface area contributed by atoms with Gasteiger partial charge in [0.15, 0.2) is 5.82 Å². The largest absolute Gasteiger partial charge is 0.478 e. The molecule has 0 radical (unpaired) electrons. The lowest BCUT2D eigenvalue weighted by molar-refractivity contribution is 0.0695. The summed E-state index contributed by atoms with van der Waals surface area (Å²) in [5.74, 6) is -1.48. The van der Waals surface area contributed by atoms with Crippen LogP contribution in [0.5, 0.6) is 0 Å². The number of pyridine rings is 1. The molecule has 0 aliphatic carbocycles. The minimum Gasteiger partial charge on any atom is -0.478 e. The molecule has 0 fully saturated rings. The lowest BCUT2D eigenvalue weighted by Crippen LogP contribution is -2.03. The molecule has 2 N–H and O–H groups in total. The van der Waals surface area contributed by atoms with Gasteiger partial charge in [0.05, 0.1) is 17.7 Å². The van der Waals surface area contributed by atoms with Gasteiger partial charge in [0.1, 0.15) is 6.33 Å². The molecule has 31 heavy (non-hydrogen) atoms. The first kappa shape index (κ1) is 21.4. The summed E-state index contributed by atoms with van der Waals surface area (Å²) < 4.78 is 1.83. The summed E-state index contributed by atoms with van der Waals surface area (Å²) in [7, 11) is 0. The first-order valence-corrected chi connectivity index (χ1v) is 9.35. The zero-order chi connectivity index (χ0) is 22.2. The van der Waals surface area contributed by atoms with Gasteiger partial charge in [-0.15, -0.1) is 0 Å². The Labute approximate surface area is 178 Å². The standard InChI is InChI=1S/C14H12N4.C9H8O4/c1-2-4-13(5-3-1)14-16-11-18(17-14)10-12-6-8-15-9-7-12;1-5-2-3-6(8(10)11)4-7(5)9(12)13/h1-9,11H,10H2;2-4H,1H3,(H,10,11)(H,12,13). The summed E-state index contributed by atoms with van der Waals surface area (Å²) in [6, 6.07) is 17.9. The van der Waals surface area contributed by atoms with E-state index < -0.39 is 11.9 Å². The van der Waals surface area contributed by atoms with E-state index >= 15 is 0 Å². The highest BCUT2D eigenvalue weighted by molar-refractivity contribution is 5.94. The zero-order valence-corrected chi connectivity index (χ0v) is 16.7. The van der Waals surface area contributed by atoms with E-state index in [1.165, 1.54) is 12.1 Å².